The Morgan fingerprint density at radius 2 is 1.64 bits per heavy atom. The van der Waals surface area contributed by atoms with Crippen LogP contribution in [0.4, 0.5) is 0 Å². The SMILES string of the molecule is CO.CO/N=C\c1ccc(Oc2ccc(Cc3cc([C@@]4(OC)CC(O)[C@H](O)C(CO)O4)ccc3Cl)cc2)cc1. The van der Waals surface area contributed by atoms with E-state index < -0.39 is 30.7 Å². The number of rotatable bonds is 9. The average Bonchev–Trinajstić information content (AvgIpc) is 2.97. The molecule has 4 atom stereocenters. The number of hydrogen-bond donors (Lipinski definition) is 4. The Labute approximate surface area is 232 Å². The fraction of sp³-hybridized carbons (Fsp3) is 0.345. The molecule has 210 valence electrons. The molecule has 1 aliphatic heterocycles. The highest BCUT2D eigenvalue weighted by atomic mass is 35.5. The summed E-state index contributed by atoms with van der Waals surface area (Å²) in [5, 5.41) is 41.4. The predicted molar refractivity (Wildman–Crippen MR) is 147 cm³/mol. The molecule has 0 spiro atoms. The second-order valence-electron chi connectivity index (χ2n) is 8.77. The van der Waals surface area contributed by atoms with Crippen LogP contribution in [0, 0.1) is 0 Å². The van der Waals surface area contributed by atoms with Gasteiger partial charge in [0.1, 0.15) is 30.8 Å². The smallest absolute Gasteiger partial charge is 0.197 e. The maximum absolute atomic E-state index is 10.4. The van der Waals surface area contributed by atoms with Crippen LogP contribution in [0.1, 0.15) is 28.7 Å². The summed E-state index contributed by atoms with van der Waals surface area (Å²) in [6.45, 7) is -0.454. The first kappa shape index (κ1) is 30.5. The van der Waals surface area contributed by atoms with Crippen molar-refractivity contribution in [3.05, 3.63) is 94.0 Å². The number of halogens is 1. The first-order valence-corrected chi connectivity index (χ1v) is 12.6. The molecular formula is C29H34ClNO8. The number of hydrogen-bond acceptors (Lipinski definition) is 9. The zero-order chi connectivity index (χ0) is 28.4. The molecule has 0 bridgehead atoms. The predicted octanol–water partition coefficient (Wildman–Crippen LogP) is 3.61. The fourth-order valence-corrected chi connectivity index (χ4v) is 4.48. The lowest BCUT2D eigenvalue weighted by atomic mass is 9.89. The summed E-state index contributed by atoms with van der Waals surface area (Å²) < 4.78 is 17.5. The third kappa shape index (κ3) is 7.55. The van der Waals surface area contributed by atoms with Crippen molar-refractivity contribution in [2.24, 2.45) is 5.16 Å². The van der Waals surface area contributed by atoms with E-state index in [1.165, 1.54) is 14.2 Å². The molecule has 10 heteroatoms. The maximum atomic E-state index is 10.4. The highest BCUT2D eigenvalue weighted by Crippen LogP contribution is 2.40. The topological polar surface area (TPSA) is 130 Å². The molecule has 39 heavy (non-hydrogen) atoms. The van der Waals surface area contributed by atoms with E-state index in [1.54, 1.807) is 18.3 Å². The van der Waals surface area contributed by atoms with E-state index in [9.17, 15) is 15.3 Å². The van der Waals surface area contributed by atoms with Gasteiger partial charge in [0.15, 0.2) is 5.79 Å². The largest absolute Gasteiger partial charge is 0.457 e. The van der Waals surface area contributed by atoms with Crippen molar-refractivity contribution in [2.45, 2.75) is 36.9 Å². The molecule has 0 aliphatic carbocycles. The van der Waals surface area contributed by atoms with Crippen molar-refractivity contribution < 1.29 is 39.5 Å². The molecule has 1 aliphatic rings. The number of nitrogens with zero attached hydrogens (tertiary/aromatic N) is 1. The first-order chi connectivity index (χ1) is 18.9. The van der Waals surface area contributed by atoms with Crippen LogP contribution in [0.25, 0.3) is 0 Å². The van der Waals surface area contributed by atoms with Crippen LogP contribution >= 0.6 is 11.6 Å². The van der Waals surface area contributed by atoms with Gasteiger partial charge < -0.3 is 39.5 Å². The van der Waals surface area contributed by atoms with Gasteiger partial charge in [-0.3, -0.25) is 0 Å². The summed E-state index contributed by atoms with van der Waals surface area (Å²) >= 11 is 6.51. The maximum Gasteiger partial charge on any atom is 0.197 e. The molecule has 1 saturated heterocycles. The second kappa shape index (κ2) is 14.4. The molecule has 0 aromatic heterocycles. The van der Waals surface area contributed by atoms with Gasteiger partial charge in [0.05, 0.1) is 18.9 Å². The van der Waals surface area contributed by atoms with Gasteiger partial charge in [0.25, 0.3) is 0 Å². The van der Waals surface area contributed by atoms with Gasteiger partial charge in [-0.25, -0.2) is 0 Å². The van der Waals surface area contributed by atoms with Crippen LogP contribution in [0.5, 0.6) is 11.5 Å². The van der Waals surface area contributed by atoms with Crippen molar-refractivity contribution >= 4 is 17.8 Å². The normalized spacial score (nSPS) is 22.7. The van der Waals surface area contributed by atoms with Crippen LogP contribution in [0.15, 0.2) is 71.9 Å². The van der Waals surface area contributed by atoms with Crippen molar-refractivity contribution in [3.8, 4) is 11.5 Å². The Hall–Kier alpha value is -3.02. The molecule has 9 nitrogen and oxygen atoms in total. The number of methoxy groups -OCH3 is 1. The minimum atomic E-state index is -1.33. The molecule has 4 rings (SSSR count). The Morgan fingerprint density at radius 3 is 2.23 bits per heavy atom. The number of oxime groups is 1. The Kier molecular flexibility index (Phi) is 11.3. The monoisotopic (exact) mass is 559 g/mol. The lowest BCUT2D eigenvalue weighted by Crippen LogP contribution is -2.55. The number of benzene rings is 3. The van der Waals surface area contributed by atoms with Crippen molar-refractivity contribution in [1.29, 1.82) is 0 Å². The molecule has 0 saturated carbocycles. The lowest BCUT2D eigenvalue weighted by molar-refractivity contribution is -0.323. The summed E-state index contributed by atoms with van der Waals surface area (Å²) in [5.41, 5.74) is 3.38. The Morgan fingerprint density at radius 1 is 1.00 bits per heavy atom. The third-order valence-electron chi connectivity index (χ3n) is 6.33. The third-order valence-corrected chi connectivity index (χ3v) is 6.70. The van der Waals surface area contributed by atoms with Crippen LogP contribution in [-0.4, -0.2) is 72.9 Å². The van der Waals surface area contributed by atoms with Crippen molar-refractivity contribution in [2.75, 3.05) is 27.9 Å². The molecule has 1 heterocycles. The summed E-state index contributed by atoms with van der Waals surface area (Å²) in [7, 11) is 3.96. The molecular weight excluding hydrogens is 526 g/mol. The van der Waals surface area contributed by atoms with E-state index in [0.717, 1.165) is 23.8 Å². The molecule has 2 unspecified atom stereocenters. The van der Waals surface area contributed by atoms with Gasteiger partial charge in [-0.1, -0.05) is 35.0 Å². The highest BCUT2D eigenvalue weighted by molar-refractivity contribution is 6.31. The van der Waals surface area contributed by atoms with Gasteiger partial charge in [-0.15, -0.1) is 0 Å². The minimum absolute atomic E-state index is 0.00837. The Bertz CT molecular complexity index is 1200. The second-order valence-corrected chi connectivity index (χ2v) is 9.18. The molecule has 1 fully saturated rings. The summed E-state index contributed by atoms with van der Waals surface area (Å²) in [5.74, 6) is 0.0657. The molecule has 0 amide bonds. The summed E-state index contributed by atoms with van der Waals surface area (Å²) in [6, 6.07) is 20.5. The molecule has 4 N–H and O–H groups in total. The number of ether oxygens (including phenoxy) is 3. The highest BCUT2D eigenvalue weighted by Gasteiger charge is 2.47. The van der Waals surface area contributed by atoms with Gasteiger partial charge in [0.2, 0.25) is 0 Å². The number of aliphatic hydroxyl groups is 4. The standard InChI is InChI=1S/C28H30ClNO7.CH4O/c1-34-28(15-25(32)27(33)26(17-31)37-28)21-7-12-24(29)20(14-21)13-18-3-8-22(9-4-18)36-23-10-5-19(6-11-23)16-30-35-2;1-2/h3-12,14,16,25-27,31-33H,13,15,17H2,1-2H3;2H,1H3/b30-16-;/t25?,26?,27-,28+;/m0./s1. The van der Waals surface area contributed by atoms with Crippen LogP contribution < -0.4 is 4.74 Å². The minimum Gasteiger partial charge on any atom is -0.457 e. The zero-order valence-corrected chi connectivity index (χ0v) is 22.8. The van der Waals surface area contributed by atoms with E-state index in [1.807, 2.05) is 54.6 Å². The van der Waals surface area contributed by atoms with E-state index in [4.69, 9.17) is 30.9 Å². The molecule has 0 radical (unpaired) electrons. The fourth-order valence-electron chi connectivity index (χ4n) is 4.30. The molecule has 3 aromatic rings. The van der Waals surface area contributed by atoms with Gasteiger partial charge >= 0.3 is 0 Å². The van der Waals surface area contributed by atoms with Crippen LogP contribution in [0.2, 0.25) is 5.02 Å². The Balaban J connectivity index is 0.00000205. The van der Waals surface area contributed by atoms with E-state index in [-0.39, 0.29) is 6.42 Å². The molecule has 3 aromatic carbocycles. The summed E-state index contributed by atoms with van der Waals surface area (Å²) in [6.07, 6.45) is -1.15. The first-order valence-electron chi connectivity index (χ1n) is 12.2. The van der Waals surface area contributed by atoms with Crippen LogP contribution in [-0.2, 0) is 26.5 Å². The lowest BCUT2D eigenvalue weighted by Gasteiger charge is -2.44. The van der Waals surface area contributed by atoms with Gasteiger partial charge in [-0.05, 0) is 71.6 Å². The van der Waals surface area contributed by atoms with Gasteiger partial charge in [0, 0.05) is 31.2 Å². The summed E-state index contributed by atoms with van der Waals surface area (Å²) in [4.78, 5) is 4.69. The van der Waals surface area contributed by atoms with E-state index in [2.05, 4.69) is 9.99 Å². The van der Waals surface area contributed by atoms with Gasteiger partial charge in [-0.2, -0.15) is 0 Å². The van der Waals surface area contributed by atoms with Crippen molar-refractivity contribution in [3.63, 3.8) is 0 Å². The average molecular weight is 560 g/mol. The van der Waals surface area contributed by atoms with Crippen LogP contribution in [0.3, 0.4) is 0 Å². The van der Waals surface area contributed by atoms with Crippen molar-refractivity contribution in [1.82, 2.24) is 0 Å². The van der Waals surface area contributed by atoms with E-state index in [0.29, 0.717) is 28.5 Å². The van der Waals surface area contributed by atoms with E-state index >= 15 is 0 Å². The zero-order valence-electron chi connectivity index (χ0n) is 22.0. The quantitative estimate of drug-likeness (QED) is 0.231. The number of aliphatic hydroxyl groups excluding tert-OH is 4.